The van der Waals surface area contributed by atoms with Gasteiger partial charge < -0.3 is 14.2 Å². The van der Waals surface area contributed by atoms with E-state index in [-0.39, 0.29) is 44.0 Å². The molecule has 0 amide bonds. The van der Waals surface area contributed by atoms with Crippen molar-refractivity contribution >= 4 is 17.9 Å². The van der Waals surface area contributed by atoms with E-state index >= 15 is 0 Å². The Balaban J connectivity index is 4.51. The lowest BCUT2D eigenvalue weighted by molar-refractivity contribution is -0.166. The van der Waals surface area contributed by atoms with Crippen molar-refractivity contribution < 1.29 is 28.6 Å². The molecule has 0 rings (SSSR count). The first-order valence-electron chi connectivity index (χ1n) is 27.7. The molecule has 67 heavy (non-hydrogen) atoms. The molecule has 0 fully saturated rings. The van der Waals surface area contributed by atoms with Crippen LogP contribution in [0.2, 0.25) is 0 Å². The van der Waals surface area contributed by atoms with Gasteiger partial charge in [0.1, 0.15) is 13.2 Å². The monoisotopic (exact) mass is 931 g/mol. The van der Waals surface area contributed by atoms with Crippen molar-refractivity contribution in [2.45, 2.75) is 258 Å². The predicted octanol–water partition coefficient (Wildman–Crippen LogP) is 18.5. The van der Waals surface area contributed by atoms with Crippen LogP contribution >= 0.6 is 0 Å². The molecule has 0 saturated heterocycles. The Morgan fingerprint density at radius 1 is 0.313 bits per heavy atom. The minimum absolute atomic E-state index is 0.120. The normalized spacial score (nSPS) is 12.8. The second kappa shape index (κ2) is 54.9. The second-order valence-electron chi connectivity index (χ2n) is 18.1. The third-order valence-electron chi connectivity index (χ3n) is 11.6. The fourth-order valence-electron chi connectivity index (χ4n) is 7.41. The van der Waals surface area contributed by atoms with E-state index in [2.05, 4.69) is 112 Å². The summed E-state index contributed by atoms with van der Waals surface area (Å²) in [4.78, 5) is 38.0. The van der Waals surface area contributed by atoms with Gasteiger partial charge in [0.2, 0.25) is 0 Å². The van der Waals surface area contributed by atoms with Crippen LogP contribution in [0.1, 0.15) is 252 Å². The van der Waals surface area contributed by atoms with E-state index in [9.17, 15) is 14.4 Å². The third-order valence-corrected chi connectivity index (χ3v) is 11.6. The molecule has 1 unspecified atom stereocenters. The van der Waals surface area contributed by atoms with Crippen molar-refractivity contribution in [2.75, 3.05) is 13.2 Å². The van der Waals surface area contributed by atoms with Gasteiger partial charge in [0.15, 0.2) is 6.10 Å². The summed E-state index contributed by atoms with van der Waals surface area (Å²) in [6.45, 7) is 6.41. The van der Waals surface area contributed by atoms with E-state index in [1.54, 1.807) is 0 Å². The summed E-state index contributed by atoms with van der Waals surface area (Å²) in [7, 11) is 0. The smallest absolute Gasteiger partial charge is 0.306 e. The molecule has 1 atom stereocenters. The lowest BCUT2D eigenvalue weighted by Crippen LogP contribution is -2.30. The van der Waals surface area contributed by atoms with Gasteiger partial charge in [0.25, 0.3) is 0 Å². The summed E-state index contributed by atoms with van der Waals surface area (Å²) in [5, 5.41) is 0. The van der Waals surface area contributed by atoms with Gasteiger partial charge in [-0.1, -0.05) is 227 Å². The first-order valence-corrected chi connectivity index (χ1v) is 27.7. The molecular formula is C61H102O6. The van der Waals surface area contributed by atoms with Crippen molar-refractivity contribution in [2.24, 2.45) is 0 Å². The van der Waals surface area contributed by atoms with Crippen LogP contribution in [0.4, 0.5) is 0 Å². The van der Waals surface area contributed by atoms with Crippen molar-refractivity contribution in [3.63, 3.8) is 0 Å². The maximum absolute atomic E-state index is 12.8. The molecule has 0 aromatic heterocycles. The SMILES string of the molecule is CC/C=C/C/C=C/C/C=C/C/C=C/C/C=C/CCCC(=O)OC(COC(=O)CC/C=C/C/C=C/CCCCCCCC)COC(=O)CCCCCCCCC/C=C/CCCCCCCCCC. The minimum Gasteiger partial charge on any atom is -0.462 e. The first-order chi connectivity index (χ1) is 33.0. The molecule has 0 bridgehead atoms. The highest BCUT2D eigenvalue weighted by Gasteiger charge is 2.19. The van der Waals surface area contributed by atoms with E-state index in [4.69, 9.17) is 14.2 Å². The second-order valence-corrected chi connectivity index (χ2v) is 18.1. The Morgan fingerprint density at radius 3 is 1.06 bits per heavy atom. The Kier molecular flexibility index (Phi) is 51.9. The van der Waals surface area contributed by atoms with Gasteiger partial charge in [0, 0.05) is 19.3 Å². The molecule has 382 valence electrons. The Morgan fingerprint density at radius 2 is 0.627 bits per heavy atom. The van der Waals surface area contributed by atoms with Crippen LogP contribution in [0.3, 0.4) is 0 Å². The van der Waals surface area contributed by atoms with Crippen LogP contribution in [0, 0.1) is 0 Å². The van der Waals surface area contributed by atoms with Crippen molar-refractivity contribution in [1.29, 1.82) is 0 Å². The molecular weight excluding hydrogens is 829 g/mol. The first kappa shape index (κ1) is 63.3. The zero-order valence-electron chi connectivity index (χ0n) is 43.6. The van der Waals surface area contributed by atoms with E-state index in [1.807, 2.05) is 6.08 Å². The van der Waals surface area contributed by atoms with E-state index in [0.717, 1.165) is 70.6 Å². The number of esters is 3. The lowest BCUT2D eigenvalue weighted by Gasteiger charge is -2.18. The zero-order valence-corrected chi connectivity index (χ0v) is 43.6. The van der Waals surface area contributed by atoms with Crippen LogP contribution in [-0.2, 0) is 28.6 Å². The van der Waals surface area contributed by atoms with Crippen LogP contribution in [0.25, 0.3) is 0 Å². The van der Waals surface area contributed by atoms with Gasteiger partial charge in [-0.2, -0.15) is 0 Å². The Hall–Kier alpha value is -3.67. The predicted molar refractivity (Wildman–Crippen MR) is 288 cm³/mol. The molecule has 0 aliphatic rings. The fraction of sp³-hybridized carbons (Fsp3) is 0.689. The van der Waals surface area contributed by atoms with Crippen LogP contribution < -0.4 is 0 Å². The van der Waals surface area contributed by atoms with Crippen LogP contribution in [0.5, 0.6) is 0 Å². The summed E-state index contributed by atoms with van der Waals surface area (Å²) >= 11 is 0. The molecule has 0 aromatic carbocycles. The van der Waals surface area contributed by atoms with Crippen molar-refractivity contribution in [1.82, 2.24) is 0 Å². The number of hydrogen-bond donors (Lipinski definition) is 0. The van der Waals surface area contributed by atoms with Crippen LogP contribution in [0.15, 0.2) is 97.2 Å². The summed E-state index contributed by atoms with van der Waals surface area (Å²) in [5.41, 5.74) is 0. The van der Waals surface area contributed by atoms with Gasteiger partial charge in [-0.3, -0.25) is 14.4 Å². The fourth-order valence-corrected chi connectivity index (χ4v) is 7.41. The van der Waals surface area contributed by atoms with Gasteiger partial charge in [-0.15, -0.1) is 0 Å². The quantitative estimate of drug-likeness (QED) is 0.0262. The van der Waals surface area contributed by atoms with Crippen LogP contribution in [-0.4, -0.2) is 37.2 Å². The molecule has 0 aromatic rings. The number of carbonyl (C=O) groups excluding carboxylic acids is 3. The third kappa shape index (κ3) is 53.2. The molecule has 0 aliphatic carbocycles. The zero-order chi connectivity index (χ0) is 48.6. The number of allylic oxidation sites excluding steroid dienone is 16. The Labute approximate surface area is 413 Å². The van der Waals surface area contributed by atoms with Gasteiger partial charge in [-0.05, 0) is 103 Å². The van der Waals surface area contributed by atoms with Gasteiger partial charge in [-0.25, -0.2) is 0 Å². The number of ether oxygens (including phenoxy) is 3. The van der Waals surface area contributed by atoms with Crippen molar-refractivity contribution in [3.05, 3.63) is 97.2 Å². The molecule has 0 aliphatic heterocycles. The number of carbonyl (C=O) groups is 3. The molecule has 0 spiro atoms. The highest BCUT2D eigenvalue weighted by Crippen LogP contribution is 2.14. The molecule has 6 heteroatoms. The average Bonchev–Trinajstić information content (AvgIpc) is 3.33. The summed E-state index contributed by atoms with van der Waals surface area (Å²) in [6, 6.07) is 0. The topological polar surface area (TPSA) is 78.9 Å². The standard InChI is InChI=1S/C61H102O6/c1-4-7-10-13-16-19-22-25-27-29-30-32-33-36-39-42-45-48-51-54-60(63)66-57-58(56-65-59(62)53-50-47-44-41-38-35-24-21-18-15-12-9-6-3)67-61(64)55-52-49-46-43-40-37-34-31-28-26-23-20-17-14-11-8-5-2/h8,11,17,20,26,28-30,34-35,37-38,43-44,46-47,58H,4-7,9-10,12-16,18-19,21-25,27,31-33,36,39-42,45,48-57H2,1-3H3/b11-8+,20-17+,28-26+,30-29+,37-34+,38-35+,46-43+,47-44+. The van der Waals surface area contributed by atoms with Crippen molar-refractivity contribution in [3.8, 4) is 0 Å². The number of hydrogen-bond acceptors (Lipinski definition) is 6. The summed E-state index contributed by atoms with van der Waals surface area (Å²) < 4.78 is 16.7. The Bertz CT molecular complexity index is 1350. The highest BCUT2D eigenvalue weighted by molar-refractivity contribution is 5.71. The lowest BCUT2D eigenvalue weighted by atomic mass is 10.1. The minimum atomic E-state index is -0.832. The largest absolute Gasteiger partial charge is 0.462 e. The maximum Gasteiger partial charge on any atom is 0.306 e. The average molecular weight is 931 g/mol. The van der Waals surface area contributed by atoms with E-state index in [0.29, 0.717) is 19.3 Å². The number of rotatable bonds is 49. The molecule has 0 radical (unpaired) electrons. The summed E-state index contributed by atoms with van der Waals surface area (Å²) in [6.07, 6.45) is 72.7. The summed E-state index contributed by atoms with van der Waals surface area (Å²) in [5.74, 6) is -1.05. The maximum atomic E-state index is 12.8. The van der Waals surface area contributed by atoms with Gasteiger partial charge >= 0.3 is 17.9 Å². The molecule has 0 heterocycles. The number of unbranched alkanes of at least 4 members (excludes halogenated alkanes) is 22. The molecule has 0 N–H and O–H groups in total. The molecule has 0 saturated carbocycles. The molecule has 6 nitrogen and oxygen atoms in total. The highest BCUT2D eigenvalue weighted by atomic mass is 16.6. The van der Waals surface area contributed by atoms with E-state index in [1.165, 1.54) is 128 Å². The van der Waals surface area contributed by atoms with Gasteiger partial charge in [0.05, 0.1) is 0 Å². The van der Waals surface area contributed by atoms with E-state index < -0.39 is 6.10 Å².